The van der Waals surface area contributed by atoms with Crippen LogP contribution in [0.3, 0.4) is 0 Å². The number of nitrogens with one attached hydrogen (secondary N) is 1. The minimum absolute atomic E-state index is 0.380. The molecule has 9 heteroatoms. The number of hydrogen-bond donors (Lipinski definition) is 1. The fourth-order valence-electron chi connectivity index (χ4n) is 4.09. The largest absolute Gasteiger partial charge is 0.381 e. The number of hydrogen-bond acceptors (Lipinski definition) is 8. The number of ether oxygens (including phenoxy) is 1. The van der Waals surface area contributed by atoms with Gasteiger partial charge in [-0.2, -0.15) is 0 Å². The van der Waals surface area contributed by atoms with E-state index in [0.717, 1.165) is 67.8 Å². The van der Waals surface area contributed by atoms with Crippen LogP contribution in [0.5, 0.6) is 0 Å². The Kier molecular flexibility index (Phi) is 5.50. The molecule has 0 unspecified atom stereocenters. The Morgan fingerprint density at radius 2 is 1.81 bits per heavy atom. The van der Waals surface area contributed by atoms with Gasteiger partial charge in [-0.15, -0.1) is 5.10 Å². The molecule has 3 aromatic rings. The molecule has 1 N–H and O–H groups in total. The number of aryl methyl sites for hydroxylation is 2. The molecule has 2 aliphatic rings. The summed E-state index contributed by atoms with van der Waals surface area (Å²) in [5, 5.41) is 8.17. The monoisotopic (exact) mass is 420 g/mol. The summed E-state index contributed by atoms with van der Waals surface area (Å²) in [5.74, 6) is 3.11. The van der Waals surface area contributed by atoms with Crippen molar-refractivity contribution >= 4 is 29.4 Å². The molecular weight excluding hydrogens is 392 g/mol. The van der Waals surface area contributed by atoms with Crippen LogP contribution in [0.25, 0.3) is 17.8 Å². The number of anilines is 2. The minimum Gasteiger partial charge on any atom is -0.381 e. The summed E-state index contributed by atoms with van der Waals surface area (Å²) >= 11 is 0. The van der Waals surface area contributed by atoms with Crippen LogP contribution in [-0.4, -0.2) is 61.9 Å². The maximum absolute atomic E-state index is 5.48. The maximum atomic E-state index is 5.48. The normalized spacial score (nSPS) is 17.8. The van der Waals surface area contributed by atoms with E-state index in [9.17, 15) is 0 Å². The van der Waals surface area contributed by atoms with E-state index >= 15 is 0 Å². The summed E-state index contributed by atoms with van der Waals surface area (Å²) in [6, 6.07) is 2.45. The van der Waals surface area contributed by atoms with E-state index < -0.39 is 0 Å². The van der Waals surface area contributed by atoms with Gasteiger partial charge in [0.2, 0.25) is 0 Å². The Labute approximate surface area is 181 Å². The van der Waals surface area contributed by atoms with Crippen molar-refractivity contribution < 1.29 is 4.74 Å². The van der Waals surface area contributed by atoms with E-state index in [2.05, 4.69) is 31.3 Å². The molecule has 9 nitrogen and oxygen atoms in total. The molecule has 0 aliphatic carbocycles. The van der Waals surface area contributed by atoms with Gasteiger partial charge in [0.1, 0.15) is 11.6 Å². The molecular formula is C22H28N8O. The third-order valence-corrected chi connectivity index (χ3v) is 5.84. The Morgan fingerprint density at radius 1 is 1.03 bits per heavy atom. The highest BCUT2D eigenvalue weighted by Gasteiger charge is 2.18. The fraction of sp³-hybridized carbons (Fsp3) is 0.500. The minimum atomic E-state index is 0.380. The van der Waals surface area contributed by atoms with Gasteiger partial charge in [0.15, 0.2) is 17.3 Å². The highest BCUT2D eigenvalue weighted by atomic mass is 16.5. The van der Waals surface area contributed by atoms with E-state index in [0.29, 0.717) is 17.7 Å². The summed E-state index contributed by atoms with van der Waals surface area (Å²) in [4.78, 5) is 20.9. The molecule has 5 rings (SSSR count). The zero-order chi connectivity index (χ0) is 21.2. The predicted octanol–water partition coefficient (Wildman–Crippen LogP) is 2.89. The molecule has 5 heterocycles. The Hall–Kier alpha value is -3.07. The van der Waals surface area contributed by atoms with Crippen LogP contribution in [-0.2, 0) is 4.74 Å². The molecule has 0 spiro atoms. The standard InChI is InChI=1S/C22H28N8O/c1-15-14-23-16(2)22-27-19(28-30(15)22)6-5-18-25-20(24-17-7-11-31-12-8-17)13-21(26-18)29-9-3-4-10-29/h5-6,13-14,17H,3-4,7-12H2,1-2H3,(H,24,25,26)/b6-5+. The van der Waals surface area contributed by atoms with Gasteiger partial charge in [-0.1, -0.05) is 0 Å². The van der Waals surface area contributed by atoms with Gasteiger partial charge in [-0.25, -0.2) is 19.5 Å². The first-order valence-electron chi connectivity index (χ1n) is 11.0. The molecule has 162 valence electrons. The summed E-state index contributed by atoms with van der Waals surface area (Å²) in [6.07, 6.45) is 9.96. The van der Waals surface area contributed by atoms with Crippen LogP contribution < -0.4 is 10.2 Å². The summed E-state index contributed by atoms with van der Waals surface area (Å²) < 4.78 is 7.30. The Balaban J connectivity index is 1.44. The van der Waals surface area contributed by atoms with Gasteiger partial charge in [0, 0.05) is 44.6 Å². The van der Waals surface area contributed by atoms with Crippen LogP contribution in [0.1, 0.15) is 48.7 Å². The van der Waals surface area contributed by atoms with Crippen molar-refractivity contribution in [1.29, 1.82) is 0 Å². The molecule has 0 saturated carbocycles. The van der Waals surface area contributed by atoms with E-state index in [1.807, 2.05) is 30.5 Å². The average Bonchev–Trinajstić information content (AvgIpc) is 3.46. The lowest BCUT2D eigenvalue weighted by atomic mass is 10.1. The Bertz CT molecular complexity index is 1060. The first-order valence-corrected chi connectivity index (χ1v) is 11.0. The van der Waals surface area contributed by atoms with Gasteiger partial charge in [-0.05, 0) is 51.7 Å². The van der Waals surface area contributed by atoms with Gasteiger partial charge < -0.3 is 15.0 Å². The molecule has 2 aliphatic heterocycles. The molecule has 3 aromatic heterocycles. The van der Waals surface area contributed by atoms with Crippen LogP contribution >= 0.6 is 0 Å². The smallest absolute Gasteiger partial charge is 0.177 e. The van der Waals surface area contributed by atoms with Gasteiger partial charge in [0.05, 0.1) is 11.4 Å². The lowest BCUT2D eigenvalue weighted by Crippen LogP contribution is -2.28. The second-order valence-electron chi connectivity index (χ2n) is 8.22. The first-order chi connectivity index (χ1) is 15.2. The molecule has 2 saturated heterocycles. The fourth-order valence-corrected chi connectivity index (χ4v) is 4.09. The van der Waals surface area contributed by atoms with E-state index in [1.54, 1.807) is 6.20 Å². The van der Waals surface area contributed by atoms with Crippen molar-refractivity contribution in [2.24, 2.45) is 0 Å². The highest BCUT2D eigenvalue weighted by molar-refractivity contribution is 5.66. The summed E-state index contributed by atoms with van der Waals surface area (Å²) in [6.45, 7) is 7.57. The average molecular weight is 421 g/mol. The lowest BCUT2D eigenvalue weighted by molar-refractivity contribution is 0.0904. The van der Waals surface area contributed by atoms with Crippen molar-refractivity contribution in [2.45, 2.75) is 45.6 Å². The molecule has 0 bridgehead atoms. The second-order valence-corrected chi connectivity index (χ2v) is 8.22. The van der Waals surface area contributed by atoms with Crippen LogP contribution in [0.4, 0.5) is 11.6 Å². The van der Waals surface area contributed by atoms with E-state index in [1.165, 1.54) is 12.8 Å². The van der Waals surface area contributed by atoms with Gasteiger partial charge in [0.25, 0.3) is 0 Å². The molecule has 0 aromatic carbocycles. The van der Waals surface area contributed by atoms with Crippen molar-refractivity contribution in [3.8, 4) is 0 Å². The zero-order valence-corrected chi connectivity index (χ0v) is 18.1. The van der Waals surface area contributed by atoms with Crippen LogP contribution in [0.2, 0.25) is 0 Å². The van der Waals surface area contributed by atoms with Gasteiger partial charge in [-0.3, -0.25) is 4.98 Å². The number of fused-ring (bicyclic) bond motifs is 1. The Morgan fingerprint density at radius 3 is 2.58 bits per heavy atom. The third-order valence-electron chi connectivity index (χ3n) is 5.84. The third kappa shape index (κ3) is 4.36. The quantitative estimate of drug-likeness (QED) is 0.673. The van der Waals surface area contributed by atoms with Crippen LogP contribution in [0, 0.1) is 13.8 Å². The molecule has 0 radical (unpaired) electrons. The van der Waals surface area contributed by atoms with Crippen molar-refractivity contribution in [2.75, 3.05) is 36.5 Å². The first kappa shape index (κ1) is 19.9. The topological polar surface area (TPSA) is 93.4 Å². The van der Waals surface area contributed by atoms with E-state index in [4.69, 9.17) is 14.7 Å². The molecule has 31 heavy (non-hydrogen) atoms. The highest BCUT2D eigenvalue weighted by Crippen LogP contribution is 2.23. The predicted molar refractivity (Wildman–Crippen MR) is 120 cm³/mol. The lowest BCUT2D eigenvalue weighted by Gasteiger charge is -2.24. The number of nitrogens with zero attached hydrogens (tertiary/aromatic N) is 7. The zero-order valence-electron chi connectivity index (χ0n) is 18.1. The molecule has 2 fully saturated rings. The van der Waals surface area contributed by atoms with Crippen LogP contribution in [0.15, 0.2) is 12.3 Å². The number of rotatable bonds is 5. The summed E-state index contributed by atoms with van der Waals surface area (Å²) in [7, 11) is 0. The summed E-state index contributed by atoms with van der Waals surface area (Å²) in [5.41, 5.74) is 2.57. The van der Waals surface area contributed by atoms with E-state index in [-0.39, 0.29) is 0 Å². The van der Waals surface area contributed by atoms with Gasteiger partial charge >= 0.3 is 0 Å². The SMILES string of the molecule is Cc1ncc(C)n2nc(/C=C/c3nc(NC4CCOCC4)cc(N4CCCC4)n3)nc12. The maximum Gasteiger partial charge on any atom is 0.177 e. The van der Waals surface area contributed by atoms with Crippen molar-refractivity contribution in [3.63, 3.8) is 0 Å². The number of aromatic nitrogens is 6. The molecule has 0 atom stereocenters. The second kappa shape index (κ2) is 8.58. The van der Waals surface area contributed by atoms with Crippen molar-refractivity contribution in [3.05, 3.63) is 35.3 Å². The van der Waals surface area contributed by atoms with Crippen molar-refractivity contribution in [1.82, 2.24) is 29.5 Å². The molecule has 0 amide bonds.